The quantitative estimate of drug-likeness (QED) is 0.0169. The Morgan fingerprint density at radius 3 is 0.788 bits per heavy atom. The number of phosphoric ester groups is 2. The molecule has 0 saturated heterocycles. The van der Waals surface area contributed by atoms with Gasteiger partial charge in [-0.3, -0.25) is 37.3 Å². The van der Waals surface area contributed by atoms with E-state index in [0.29, 0.717) is 32.1 Å². The molecule has 104 heavy (non-hydrogen) atoms. The molecule has 0 aliphatic carbocycles. The van der Waals surface area contributed by atoms with E-state index < -0.39 is 97.5 Å². The van der Waals surface area contributed by atoms with Gasteiger partial charge in [-0.1, -0.05) is 269 Å². The Morgan fingerprint density at radius 1 is 0.279 bits per heavy atom. The molecular weight excluding hydrogens is 1350 g/mol. The van der Waals surface area contributed by atoms with Crippen LogP contribution in [0.2, 0.25) is 0 Å². The lowest BCUT2D eigenvalue weighted by Crippen LogP contribution is -2.30. The minimum atomic E-state index is -5.00. The average molecular weight is 1500 g/mol. The minimum Gasteiger partial charge on any atom is -0.462 e. The molecule has 0 fully saturated rings. The molecule has 5 unspecified atom stereocenters. The number of rotatable bonds is 73. The largest absolute Gasteiger partial charge is 0.472 e. The number of esters is 4. The van der Waals surface area contributed by atoms with Crippen molar-refractivity contribution in [3.63, 3.8) is 0 Å². The van der Waals surface area contributed by atoms with Crippen LogP contribution >= 0.6 is 15.6 Å². The van der Waals surface area contributed by atoms with E-state index in [4.69, 9.17) is 37.0 Å². The maximum atomic E-state index is 13.1. The molecule has 0 bridgehead atoms. The molecule has 0 rings (SSSR count). The van der Waals surface area contributed by atoms with Gasteiger partial charge in [-0.25, -0.2) is 9.13 Å². The first kappa shape index (κ1) is 98.7. The smallest absolute Gasteiger partial charge is 0.462 e. The van der Waals surface area contributed by atoms with Gasteiger partial charge in [-0.2, -0.15) is 0 Å². The summed E-state index contributed by atoms with van der Waals surface area (Å²) in [7, 11) is -9.99. The van der Waals surface area contributed by atoms with Gasteiger partial charge in [0.15, 0.2) is 12.2 Å². The third-order valence-electron chi connectivity index (χ3n) is 15.9. The molecule has 592 valence electrons. The van der Waals surface area contributed by atoms with Gasteiger partial charge in [0.25, 0.3) is 0 Å². The topological polar surface area (TPSA) is 237 Å². The van der Waals surface area contributed by atoms with Crippen molar-refractivity contribution in [2.75, 3.05) is 39.6 Å². The fraction of sp³-hybridized carbons (Fsp3) is 0.647. The minimum absolute atomic E-state index is 0.0340. The van der Waals surface area contributed by atoms with E-state index in [-0.39, 0.29) is 25.7 Å². The summed E-state index contributed by atoms with van der Waals surface area (Å²) < 4.78 is 68.5. The Kier molecular flexibility index (Phi) is 72.0. The summed E-state index contributed by atoms with van der Waals surface area (Å²) in [6.45, 7) is 4.38. The third-order valence-corrected chi connectivity index (χ3v) is 17.9. The zero-order chi connectivity index (χ0) is 76.0. The lowest BCUT2D eigenvalue weighted by molar-refractivity contribution is -0.161. The Morgan fingerprint density at radius 2 is 0.500 bits per heavy atom. The number of aliphatic hydroxyl groups excluding tert-OH is 1. The van der Waals surface area contributed by atoms with Gasteiger partial charge in [-0.05, 0) is 161 Å². The number of phosphoric acid groups is 2. The van der Waals surface area contributed by atoms with Gasteiger partial charge in [0.1, 0.15) is 19.3 Å². The van der Waals surface area contributed by atoms with Crippen LogP contribution in [0.15, 0.2) is 158 Å². The normalized spacial score (nSPS) is 14.7. The van der Waals surface area contributed by atoms with Crippen molar-refractivity contribution >= 4 is 39.5 Å². The number of allylic oxidation sites excluding steroid dienone is 26. The van der Waals surface area contributed by atoms with Crippen LogP contribution < -0.4 is 0 Å². The Labute approximate surface area is 629 Å². The second-order valence-corrected chi connectivity index (χ2v) is 28.8. The van der Waals surface area contributed by atoms with Gasteiger partial charge in [0.2, 0.25) is 0 Å². The van der Waals surface area contributed by atoms with Crippen LogP contribution in [0.25, 0.3) is 0 Å². The zero-order valence-electron chi connectivity index (χ0n) is 64.6. The monoisotopic (exact) mass is 1490 g/mol. The highest BCUT2D eigenvalue weighted by Crippen LogP contribution is 2.45. The van der Waals surface area contributed by atoms with Gasteiger partial charge < -0.3 is 33.8 Å². The van der Waals surface area contributed by atoms with Crippen LogP contribution in [0.5, 0.6) is 0 Å². The Bertz CT molecular complexity index is 2590. The Balaban J connectivity index is 5.41. The van der Waals surface area contributed by atoms with Crippen molar-refractivity contribution in [1.29, 1.82) is 0 Å². The van der Waals surface area contributed by atoms with E-state index in [1.807, 2.05) is 0 Å². The van der Waals surface area contributed by atoms with E-state index in [1.54, 1.807) is 0 Å². The summed E-state index contributed by atoms with van der Waals surface area (Å²) in [6, 6.07) is 0. The molecule has 3 N–H and O–H groups in total. The first-order chi connectivity index (χ1) is 50.7. The maximum absolute atomic E-state index is 13.1. The number of unbranched alkanes of at least 4 members (excludes halogenated alkanes) is 21. The highest BCUT2D eigenvalue weighted by Gasteiger charge is 2.30. The van der Waals surface area contributed by atoms with Crippen molar-refractivity contribution in [2.24, 2.45) is 0 Å². The van der Waals surface area contributed by atoms with E-state index in [1.165, 1.54) is 0 Å². The summed E-state index contributed by atoms with van der Waals surface area (Å²) in [4.78, 5) is 73.0. The summed E-state index contributed by atoms with van der Waals surface area (Å²) in [5.74, 6) is -2.27. The average Bonchev–Trinajstić information content (AvgIpc) is 0.911. The van der Waals surface area contributed by atoms with Crippen molar-refractivity contribution in [3.05, 3.63) is 158 Å². The number of hydrogen-bond donors (Lipinski definition) is 3. The number of carbonyl (C=O) groups excluding carboxylic acids is 4. The molecule has 5 atom stereocenters. The molecule has 0 aromatic heterocycles. The Hall–Kier alpha value is -5.32. The van der Waals surface area contributed by atoms with E-state index in [2.05, 4.69) is 186 Å². The predicted octanol–water partition coefficient (Wildman–Crippen LogP) is 23.2. The van der Waals surface area contributed by atoms with Crippen LogP contribution in [-0.2, 0) is 65.4 Å². The third kappa shape index (κ3) is 74.9. The molecule has 0 spiro atoms. The summed E-state index contributed by atoms with van der Waals surface area (Å²) in [5.41, 5.74) is 0. The van der Waals surface area contributed by atoms with Crippen molar-refractivity contribution in [2.45, 2.75) is 316 Å². The lowest BCUT2D eigenvalue weighted by atomic mass is 10.1. The summed E-state index contributed by atoms with van der Waals surface area (Å²) >= 11 is 0. The van der Waals surface area contributed by atoms with Gasteiger partial charge in [0.05, 0.1) is 26.4 Å². The molecule has 0 radical (unpaired) electrons. The lowest BCUT2D eigenvalue weighted by Gasteiger charge is -2.21. The molecule has 0 aliphatic rings. The van der Waals surface area contributed by atoms with Crippen LogP contribution in [0.4, 0.5) is 0 Å². The first-order valence-corrected chi connectivity index (χ1v) is 42.7. The number of carbonyl (C=O) groups is 4. The van der Waals surface area contributed by atoms with Crippen LogP contribution in [-0.4, -0.2) is 96.7 Å². The van der Waals surface area contributed by atoms with Gasteiger partial charge in [0, 0.05) is 25.7 Å². The fourth-order valence-corrected chi connectivity index (χ4v) is 11.6. The van der Waals surface area contributed by atoms with Gasteiger partial charge in [-0.15, -0.1) is 0 Å². The molecule has 0 aliphatic heterocycles. The predicted molar refractivity (Wildman–Crippen MR) is 427 cm³/mol. The van der Waals surface area contributed by atoms with Crippen LogP contribution in [0.3, 0.4) is 0 Å². The summed E-state index contributed by atoms with van der Waals surface area (Å²) in [6.07, 6.45) is 88.0. The molecular formula is C85H140O17P2. The molecule has 0 aromatic rings. The summed E-state index contributed by atoms with van der Waals surface area (Å²) in [5, 5.41) is 10.6. The standard InChI is InChI=1S/C85H140O17P2/c1-5-9-13-17-21-25-29-33-36-38-39-41-44-47-50-54-58-62-66-70-83(88)96-76-81(102-85(90)72-68-64-60-56-52-48-42-35-31-27-23-19-15-11-7-3)78-100-104(93,94)98-74-79(86)73-97-103(91,92)99-77-80(101-84(89)71-67-63-59-55-51-45-32-28-24-20-16-12-8-4)75-95-82(87)69-65-61-57-53-49-46-43-40-37-34-30-26-22-18-14-10-6-2/h9-11,13-16,20-23,25-28,32-37,39,41-42,52,56,79-81,86H,5-8,12,17-19,24,29-31,38,40,43-51,53-55,57-78H2,1-4H3,(H,91,92)(H,93,94)/b13-9-,14-10-,15-11-,20-16-,25-21-,26-22-,27-23-,32-28-,36-33-,37-34-,41-39-,42-35-,56-52-. The van der Waals surface area contributed by atoms with Crippen LogP contribution in [0.1, 0.15) is 297 Å². The maximum Gasteiger partial charge on any atom is 0.472 e. The zero-order valence-corrected chi connectivity index (χ0v) is 66.4. The van der Waals surface area contributed by atoms with E-state index >= 15 is 0 Å². The number of aliphatic hydroxyl groups is 1. The fourth-order valence-electron chi connectivity index (χ4n) is 10.0. The van der Waals surface area contributed by atoms with Crippen molar-refractivity contribution < 1.29 is 80.2 Å². The molecule has 0 saturated carbocycles. The number of ether oxygens (including phenoxy) is 4. The molecule has 0 amide bonds. The highest BCUT2D eigenvalue weighted by atomic mass is 31.2. The molecule has 17 nitrogen and oxygen atoms in total. The van der Waals surface area contributed by atoms with E-state index in [0.717, 1.165) is 212 Å². The first-order valence-electron chi connectivity index (χ1n) is 39.7. The van der Waals surface area contributed by atoms with E-state index in [9.17, 15) is 43.2 Å². The molecule has 19 heteroatoms. The van der Waals surface area contributed by atoms with Crippen molar-refractivity contribution in [1.82, 2.24) is 0 Å². The second kappa shape index (κ2) is 75.9. The SMILES string of the molecule is CC/C=C\C/C=C\C/C=C\C/C=C\CCCCCCCCC(=O)OCC(COP(=O)(O)OCC(O)COP(=O)(O)OCC(COC(=O)CCCCCCCCC/C=C\C/C=C\C/C=C\CC)OC(=O)CCCCCCC/C=C\C/C=C\CCC)OC(=O)CCCC/C=C\C/C=C\C/C=C\C/C=C\CC. The van der Waals surface area contributed by atoms with Gasteiger partial charge >= 0.3 is 39.5 Å². The van der Waals surface area contributed by atoms with Crippen LogP contribution in [0, 0.1) is 0 Å². The highest BCUT2D eigenvalue weighted by molar-refractivity contribution is 7.47. The number of hydrogen-bond acceptors (Lipinski definition) is 15. The molecule has 0 aromatic carbocycles. The molecule has 0 heterocycles. The second-order valence-electron chi connectivity index (χ2n) is 25.9. The van der Waals surface area contributed by atoms with Crippen molar-refractivity contribution in [3.8, 4) is 0 Å².